The van der Waals surface area contributed by atoms with Crippen molar-refractivity contribution in [1.82, 2.24) is 9.78 Å². The van der Waals surface area contributed by atoms with Crippen molar-refractivity contribution in [2.24, 2.45) is 0 Å². The smallest absolute Gasteiger partial charge is 0.320 e. The zero-order valence-electron chi connectivity index (χ0n) is 16.5. The highest BCUT2D eigenvalue weighted by Crippen LogP contribution is 2.31. The number of benzene rings is 2. The summed E-state index contributed by atoms with van der Waals surface area (Å²) in [6.07, 6.45) is 0.976. The number of hydrogen-bond acceptors (Lipinski definition) is 8. The summed E-state index contributed by atoms with van der Waals surface area (Å²) in [7, 11) is 1.51. The first-order valence-corrected chi connectivity index (χ1v) is 8.95. The monoisotopic (exact) mass is 427 g/mol. The van der Waals surface area contributed by atoms with Crippen LogP contribution in [-0.4, -0.2) is 32.6 Å². The molecule has 0 unspecified atom stereocenters. The van der Waals surface area contributed by atoms with Crippen LogP contribution >= 0.6 is 0 Å². The van der Waals surface area contributed by atoms with Crippen LogP contribution in [-0.2, 0) is 6.54 Å². The lowest BCUT2D eigenvalue weighted by Crippen LogP contribution is -2.18. The third kappa shape index (κ3) is 4.75. The molecular formula is C19H17N5O7. The summed E-state index contributed by atoms with van der Waals surface area (Å²) in [6.45, 7) is 1.89. The van der Waals surface area contributed by atoms with Gasteiger partial charge in [-0.25, -0.2) is 0 Å². The van der Waals surface area contributed by atoms with Gasteiger partial charge in [-0.1, -0.05) is 0 Å². The topological polar surface area (TPSA) is 152 Å². The molecule has 3 rings (SSSR count). The van der Waals surface area contributed by atoms with Crippen LogP contribution in [0, 0.1) is 20.2 Å². The Bertz CT molecular complexity index is 1140. The van der Waals surface area contributed by atoms with E-state index in [1.54, 1.807) is 31.2 Å². The Morgan fingerprint density at radius 1 is 1.06 bits per heavy atom. The summed E-state index contributed by atoms with van der Waals surface area (Å²) >= 11 is 0. The molecule has 160 valence electrons. The number of aryl methyl sites for hydroxylation is 1. The molecule has 0 radical (unpaired) electrons. The molecule has 0 spiro atoms. The molecule has 31 heavy (non-hydrogen) atoms. The van der Waals surface area contributed by atoms with Gasteiger partial charge in [-0.15, -0.1) is 0 Å². The molecule has 1 amide bonds. The molecule has 1 N–H and O–H groups in total. The number of aromatic nitrogens is 2. The van der Waals surface area contributed by atoms with Gasteiger partial charge in [0.1, 0.15) is 23.4 Å². The van der Waals surface area contributed by atoms with E-state index in [1.165, 1.54) is 23.9 Å². The predicted octanol–water partition coefficient (Wildman–Crippen LogP) is 3.77. The van der Waals surface area contributed by atoms with Gasteiger partial charge in [0.2, 0.25) is 5.69 Å². The Labute approximate surface area is 175 Å². The van der Waals surface area contributed by atoms with E-state index in [0.29, 0.717) is 11.5 Å². The lowest BCUT2D eigenvalue weighted by atomic mass is 10.2. The van der Waals surface area contributed by atoms with Crippen molar-refractivity contribution in [3.8, 4) is 17.2 Å². The molecule has 0 saturated heterocycles. The number of methoxy groups -OCH3 is 1. The van der Waals surface area contributed by atoms with E-state index in [1.807, 2.05) is 0 Å². The van der Waals surface area contributed by atoms with Crippen LogP contribution in [0.2, 0.25) is 0 Å². The number of anilines is 1. The first kappa shape index (κ1) is 21.2. The van der Waals surface area contributed by atoms with E-state index in [-0.39, 0.29) is 29.4 Å². The number of nitro groups is 2. The Morgan fingerprint density at radius 3 is 2.32 bits per heavy atom. The molecule has 0 aliphatic carbocycles. The van der Waals surface area contributed by atoms with Gasteiger partial charge in [-0.3, -0.25) is 29.7 Å². The fourth-order valence-corrected chi connectivity index (χ4v) is 2.77. The number of nitro benzene ring substituents is 1. The second kappa shape index (κ2) is 8.90. The maximum absolute atomic E-state index is 12.7. The van der Waals surface area contributed by atoms with Crippen LogP contribution in [0.1, 0.15) is 17.4 Å². The maximum Gasteiger partial charge on any atom is 0.320 e. The number of nitrogens with zero attached hydrogens (tertiary/aromatic N) is 4. The van der Waals surface area contributed by atoms with Crippen LogP contribution < -0.4 is 14.8 Å². The van der Waals surface area contributed by atoms with Crippen molar-refractivity contribution in [3.63, 3.8) is 0 Å². The van der Waals surface area contributed by atoms with Gasteiger partial charge in [-0.2, -0.15) is 5.10 Å². The van der Waals surface area contributed by atoms with Crippen molar-refractivity contribution in [2.45, 2.75) is 13.5 Å². The molecule has 0 bridgehead atoms. The molecule has 0 fully saturated rings. The fourth-order valence-electron chi connectivity index (χ4n) is 2.77. The van der Waals surface area contributed by atoms with Crippen LogP contribution in [0.15, 0.2) is 48.7 Å². The third-order valence-corrected chi connectivity index (χ3v) is 4.19. The van der Waals surface area contributed by atoms with Crippen LogP contribution in [0.3, 0.4) is 0 Å². The lowest BCUT2D eigenvalue weighted by molar-refractivity contribution is -0.385. The highest BCUT2D eigenvalue weighted by atomic mass is 16.6. The lowest BCUT2D eigenvalue weighted by Gasteiger charge is -2.10. The highest BCUT2D eigenvalue weighted by molar-refractivity contribution is 6.06. The summed E-state index contributed by atoms with van der Waals surface area (Å²) in [5, 5.41) is 28.8. The molecule has 0 aliphatic heterocycles. The number of non-ortho nitro benzene ring substituents is 1. The molecule has 12 heteroatoms. The fraction of sp³-hybridized carbons (Fsp3) is 0.158. The molecule has 2 aromatic carbocycles. The largest absolute Gasteiger partial charge is 0.497 e. The molecule has 0 saturated carbocycles. The highest BCUT2D eigenvalue weighted by Gasteiger charge is 2.27. The summed E-state index contributed by atoms with van der Waals surface area (Å²) in [4.78, 5) is 33.9. The predicted molar refractivity (Wildman–Crippen MR) is 109 cm³/mol. The van der Waals surface area contributed by atoms with Gasteiger partial charge in [0.25, 0.3) is 11.6 Å². The van der Waals surface area contributed by atoms with Gasteiger partial charge < -0.3 is 14.8 Å². The molecule has 0 atom stereocenters. The molecule has 12 nitrogen and oxygen atoms in total. The summed E-state index contributed by atoms with van der Waals surface area (Å²) in [5.74, 6) is 0.252. The zero-order chi connectivity index (χ0) is 22.5. The minimum Gasteiger partial charge on any atom is -0.497 e. The average molecular weight is 427 g/mol. The Balaban J connectivity index is 1.92. The number of carbonyl (C=O) groups excluding carboxylic acids is 1. The second-order valence-corrected chi connectivity index (χ2v) is 6.16. The van der Waals surface area contributed by atoms with Crippen LogP contribution in [0.4, 0.5) is 17.1 Å². The Kier molecular flexibility index (Phi) is 6.10. The van der Waals surface area contributed by atoms with E-state index >= 15 is 0 Å². The molecule has 0 aliphatic rings. The summed E-state index contributed by atoms with van der Waals surface area (Å²) in [5.41, 5.74) is -1.04. The van der Waals surface area contributed by atoms with E-state index in [9.17, 15) is 25.0 Å². The zero-order valence-corrected chi connectivity index (χ0v) is 16.5. The number of hydrogen-bond donors (Lipinski definition) is 1. The first-order chi connectivity index (χ1) is 14.8. The molecular weight excluding hydrogens is 410 g/mol. The van der Waals surface area contributed by atoms with Crippen LogP contribution in [0.5, 0.6) is 17.2 Å². The average Bonchev–Trinajstić information content (AvgIpc) is 3.19. The quantitative estimate of drug-likeness (QED) is 0.421. The van der Waals surface area contributed by atoms with E-state index in [4.69, 9.17) is 9.47 Å². The molecule has 1 heterocycles. The molecule has 3 aromatic rings. The minimum absolute atomic E-state index is 0.0286. The third-order valence-electron chi connectivity index (χ3n) is 4.19. The van der Waals surface area contributed by atoms with Crippen molar-refractivity contribution in [3.05, 3.63) is 74.6 Å². The van der Waals surface area contributed by atoms with E-state index in [2.05, 4.69) is 10.4 Å². The Hall–Kier alpha value is -4.48. The van der Waals surface area contributed by atoms with Gasteiger partial charge in [0.15, 0.2) is 0 Å². The van der Waals surface area contributed by atoms with E-state index < -0.39 is 21.4 Å². The Morgan fingerprint density at radius 2 is 1.74 bits per heavy atom. The number of carbonyl (C=O) groups is 1. The molecule has 1 aromatic heterocycles. The van der Waals surface area contributed by atoms with Crippen molar-refractivity contribution in [1.29, 1.82) is 0 Å². The summed E-state index contributed by atoms with van der Waals surface area (Å²) < 4.78 is 11.9. The number of rotatable bonds is 8. The first-order valence-electron chi connectivity index (χ1n) is 8.95. The standard InChI is InChI=1S/C19H17N5O7/c1-3-22-18(17(11-20-22)24(28)29)19(25)21-12-8-13(23(26)27)10-16(9-12)31-15-6-4-14(30-2)5-7-15/h4-11H,3H2,1-2H3,(H,21,25). The maximum atomic E-state index is 12.7. The number of amides is 1. The van der Waals surface area contributed by atoms with Gasteiger partial charge in [0, 0.05) is 18.7 Å². The normalized spacial score (nSPS) is 10.4. The summed E-state index contributed by atoms with van der Waals surface area (Å²) in [6, 6.07) is 10.2. The van der Waals surface area contributed by atoms with Gasteiger partial charge in [0.05, 0.1) is 28.7 Å². The SMILES string of the molecule is CCn1ncc([N+](=O)[O-])c1C(=O)Nc1cc(Oc2ccc(OC)cc2)cc([N+](=O)[O-])c1. The second-order valence-electron chi connectivity index (χ2n) is 6.16. The van der Waals surface area contributed by atoms with Crippen molar-refractivity contribution >= 4 is 23.0 Å². The van der Waals surface area contributed by atoms with E-state index in [0.717, 1.165) is 12.3 Å². The minimum atomic E-state index is -0.832. The van der Waals surface area contributed by atoms with Gasteiger partial charge >= 0.3 is 5.69 Å². The van der Waals surface area contributed by atoms with Crippen LogP contribution in [0.25, 0.3) is 0 Å². The van der Waals surface area contributed by atoms with Crippen molar-refractivity contribution < 1.29 is 24.1 Å². The number of nitrogens with one attached hydrogen (secondary N) is 1. The number of ether oxygens (including phenoxy) is 2. The van der Waals surface area contributed by atoms with Crippen molar-refractivity contribution in [2.75, 3.05) is 12.4 Å². The van der Waals surface area contributed by atoms with Gasteiger partial charge in [-0.05, 0) is 31.2 Å².